The Labute approximate surface area is 99.9 Å². The van der Waals surface area contributed by atoms with Crippen LogP contribution in [0.4, 0.5) is 11.4 Å². The van der Waals surface area contributed by atoms with E-state index in [1.54, 1.807) is 12.1 Å². The van der Waals surface area contributed by atoms with Gasteiger partial charge in [0, 0.05) is 23.9 Å². The summed E-state index contributed by atoms with van der Waals surface area (Å²) in [5.41, 5.74) is 0.879. The third-order valence-corrected chi connectivity index (χ3v) is 3.12. The van der Waals surface area contributed by atoms with Gasteiger partial charge in [0.05, 0.1) is 12.0 Å². The van der Waals surface area contributed by atoms with Crippen molar-refractivity contribution in [3.63, 3.8) is 0 Å². The minimum absolute atomic E-state index is 0.0000255. The van der Waals surface area contributed by atoms with E-state index in [1.165, 1.54) is 13.2 Å². The van der Waals surface area contributed by atoms with Crippen molar-refractivity contribution < 1.29 is 9.66 Å². The molecule has 0 radical (unpaired) electrons. The van der Waals surface area contributed by atoms with Crippen LogP contribution in [-0.2, 0) is 0 Å². The fourth-order valence-electron chi connectivity index (χ4n) is 2.17. The first kappa shape index (κ1) is 11.7. The molecule has 1 aromatic rings. The zero-order valence-electron chi connectivity index (χ0n) is 9.97. The summed E-state index contributed by atoms with van der Waals surface area (Å²) >= 11 is 0. The van der Waals surface area contributed by atoms with Crippen LogP contribution < -0.4 is 10.1 Å². The monoisotopic (exact) mass is 236 g/mol. The van der Waals surface area contributed by atoms with Gasteiger partial charge in [0.15, 0.2) is 5.75 Å². The van der Waals surface area contributed by atoms with Crippen molar-refractivity contribution in [2.24, 2.45) is 5.92 Å². The second-order valence-corrected chi connectivity index (χ2v) is 4.56. The molecule has 1 fully saturated rings. The number of hydrogen-bond acceptors (Lipinski definition) is 4. The quantitative estimate of drug-likeness (QED) is 0.645. The lowest BCUT2D eigenvalue weighted by molar-refractivity contribution is -0.385. The molecule has 0 heterocycles. The number of rotatable bonds is 4. The van der Waals surface area contributed by atoms with Crippen molar-refractivity contribution in [1.82, 2.24) is 0 Å². The van der Waals surface area contributed by atoms with Gasteiger partial charge in [-0.3, -0.25) is 10.1 Å². The van der Waals surface area contributed by atoms with Crippen LogP contribution in [0.1, 0.15) is 19.8 Å². The van der Waals surface area contributed by atoms with Gasteiger partial charge in [-0.15, -0.1) is 0 Å². The number of methoxy groups -OCH3 is 1. The second-order valence-electron chi connectivity index (χ2n) is 4.56. The molecule has 0 bridgehead atoms. The van der Waals surface area contributed by atoms with Gasteiger partial charge in [-0.2, -0.15) is 0 Å². The summed E-state index contributed by atoms with van der Waals surface area (Å²) in [6, 6.07) is 5.37. The predicted molar refractivity (Wildman–Crippen MR) is 65.5 cm³/mol. The minimum Gasteiger partial charge on any atom is -0.490 e. The Morgan fingerprint density at radius 3 is 2.71 bits per heavy atom. The number of hydrogen-bond donors (Lipinski definition) is 1. The highest BCUT2D eigenvalue weighted by Gasteiger charge is 2.25. The molecule has 1 aliphatic carbocycles. The van der Waals surface area contributed by atoms with Crippen LogP contribution in [0.3, 0.4) is 0 Å². The van der Waals surface area contributed by atoms with Gasteiger partial charge in [0.25, 0.3) is 0 Å². The van der Waals surface area contributed by atoms with E-state index in [4.69, 9.17) is 4.74 Å². The third kappa shape index (κ3) is 2.49. The van der Waals surface area contributed by atoms with Crippen LogP contribution in [0.5, 0.6) is 5.75 Å². The van der Waals surface area contributed by atoms with Gasteiger partial charge in [-0.25, -0.2) is 0 Å². The summed E-state index contributed by atoms with van der Waals surface area (Å²) in [6.45, 7) is 2.22. The van der Waals surface area contributed by atoms with E-state index in [1.807, 2.05) is 0 Å². The lowest BCUT2D eigenvalue weighted by Crippen LogP contribution is -2.33. The maximum Gasteiger partial charge on any atom is 0.311 e. The molecule has 1 aromatic carbocycles. The molecule has 0 amide bonds. The number of nitrogens with zero attached hydrogens (tertiary/aromatic N) is 1. The lowest BCUT2D eigenvalue weighted by atomic mass is 9.82. The van der Waals surface area contributed by atoms with Crippen LogP contribution in [0, 0.1) is 16.0 Å². The van der Waals surface area contributed by atoms with Gasteiger partial charge in [0.1, 0.15) is 0 Å². The summed E-state index contributed by atoms with van der Waals surface area (Å²) in [5, 5.41) is 14.1. The van der Waals surface area contributed by atoms with Gasteiger partial charge in [-0.05, 0) is 24.8 Å². The molecule has 0 aliphatic heterocycles. The zero-order valence-corrected chi connectivity index (χ0v) is 9.97. The Kier molecular flexibility index (Phi) is 3.17. The zero-order chi connectivity index (χ0) is 12.4. The van der Waals surface area contributed by atoms with E-state index < -0.39 is 4.92 Å². The molecule has 5 heteroatoms. The minimum atomic E-state index is -0.436. The summed E-state index contributed by atoms with van der Waals surface area (Å²) in [7, 11) is 1.44. The molecule has 2 rings (SSSR count). The molecular weight excluding hydrogens is 220 g/mol. The van der Waals surface area contributed by atoms with Gasteiger partial charge in [-0.1, -0.05) is 6.92 Å². The van der Waals surface area contributed by atoms with Gasteiger partial charge in [0.2, 0.25) is 0 Å². The van der Waals surface area contributed by atoms with E-state index in [9.17, 15) is 10.1 Å². The highest BCUT2D eigenvalue weighted by Crippen LogP contribution is 2.33. The highest BCUT2D eigenvalue weighted by molar-refractivity contribution is 5.58. The van der Waals surface area contributed by atoms with Crippen LogP contribution in [0.25, 0.3) is 0 Å². The van der Waals surface area contributed by atoms with Gasteiger partial charge >= 0.3 is 5.69 Å². The largest absolute Gasteiger partial charge is 0.490 e. The molecule has 0 aromatic heterocycles. The number of nitro groups is 1. The molecule has 0 atom stereocenters. The van der Waals surface area contributed by atoms with Crippen molar-refractivity contribution in [2.45, 2.75) is 25.8 Å². The number of nitrogens with one attached hydrogen (secondary N) is 1. The normalized spacial score (nSPS) is 22.7. The Morgan fingerprint density at radius 2 is 2.18 bits per heavy atom. The van der Waals surface area contributed by atoms with E-state index in [0.29, 0.717) is 11.8 Å². The van der Waals surface area contributed by atoms with E-state index in [0.717, 1.165) is 24.4 Å². The van der Waals surface area contributed by atoms with Crippen molar-refractivity contribution in [2.75, 3.05) is 12.4 Å². The first-order chi connectivity index (χ1) is 8.10. The third-order valence-electron chi connectivity index (χ3n) is 3.12. The number of ether oxygens (including phenoxy) is 1. The lowest BCUT2D eigenvalue weighted by Gasteiger charge is -2.34. The molecule has 1 saturated carbocycles. The molecule has 1 aliphatic rings. The van der Waals surface area contributed by atoms with Crippen molar-refractivity contribution in [3.8, 4) is 5.75 Å². The molecule has 5 nitrogen and oxygen atoms in total. The summed E-state index contributed by atoms with van der Waals surface area (Å²) < 4.78 is 5.02. The maximum atomic E-state index is 10.7. The van der Waals surface area contributed by atoms with Crippen LogP contribution in [0.15, 0.2) is 18.2 Å². The predicted octanol–water partition coefficient (Wildman–Crippen LogP) is 2.81. The summed E-state index contributed by atoms with van der Waals surface area (Å²) in [5.74, 6) is 1.07. The average Bonchev–Trinajstić information content (AvgIpc) is 2.26. The van der Waals surface area contributed by atoms with Gasteiger partial charge < -0.3 is 10.1 Å². The first-order valence-electron chi connectivity index (χ1n) is 5.69. The van der Waals surface area contributed by atoms with Crippen molar-refractivity contribution in [1.29, 1.82) is 0 Å². The van der Waals surface area contributed by atoms with Crippen molar-refractivity contribution in [3.05, 3.63) is 28.3 Å². The average molecular weight is 236 g/mol. The van der Waals surface area contributed by atoms with E-state index in [-0.39, 0.29) is 5.69 Å². The Bertz CT molecular complexity index is 428. The topological polar surface area (TPSA) is 64.4 Å². The van der Waals surface area contributed by atoms with Crippen LogP contribution in [0.2, 0.25) is 0 Å². The van der Waals surface area contributed by atoms with E-state index >= 15 is 0 Å². The number of anilines is 1. The Balaban J connectivity index is 2.11. The Morgan fingerprint density at radius 1 is 1.47 bits per heavy atom. The maximum absolute atomic E-state index is 10.7. The van der Waals surface area contributed by atoms with Crippen LogP contribution >= 0.6 is 0 Å². The Hall–Kier alpha value is -1.78. The SMILES string of the molecule is COc1cc(NC2CC(C)C2)ccc1[N+](=O)[O-]. The summed E-state index contributed by atoms with van der Waals surface area (Å²) in [6.07, 6.45) is 2.30. The standard InChI is InChI=1S/C12H16N2O3/c1-8-5-10(6-8)13-9-3-4-11(14(15)16)12(7-9)17-2/h3-4,7-8,10,13H,5-6H2,1-2H3. The molecule has 17 heavy (non-hydrogen) atoms. The smallest absolute Gasteiger partial charge is 0.311 e. The van der Waals surface area contributed by atoms with Crippen LogP contribution in [-0.4, -0.2) is 18.1 Å². The van der Waals surface area contributed by atoms with Crippen molar-refractivity contribution >= 4 is 11.4 Å². The van der Waals surface area contributed by atoms with E-state index in [2.05, 4.69) is 12.2 Å². The molecule has 0 spiro atoms. The molecule has 92 valence electrons. The molecular formula is C12H16N2O3. The first-order valence-corrected chi connectivity index (χ1v) is 5.69. The fourth-order valence-corrected chi connectivity index (χ4v) is 2.17. The number of benzene rings is 1. The second kappa shape index (κ2) is 4.61. The molecule has 1 N–H and O–H groups in total. The highest BCUT2D eigenvalue weighted by atomic mass is 16.6. The summed E-state index contributed by atoms with van der Waals surface area (Å²) in [4.78, 5) is 10.3. The number of nitro benzene ring substituents is 1. The fraction of sp³-hybridized carbons (Fsp3) is 0.500. The molecule has 0 saturated heterocycles. The molecule has 0 unspecified atom stereocenters.